The summed E-state index contributed by atoms with van der Waals surface area (Å²) in [6, 6.07) is 5.13. The van der Waals surface area contributed by atoms with E-state index in [0.29, 0.717) is 6.54 Å². The smallest absolute Gasteiger partial charge is 0.217 e. The summed E-state index contributed by atoms with van der Waals surface area (Å²) in [6.45, 7) is 3.66. The van der Waals surface area contributed by atoms with E-state index >= 15 is 0 Å². The van der Waals surface area contributed by atoms with Crippen LogP contribution in [-0.4, -0.2) is 17.6 Å². The molecule has 3 heteroatoms. The van der Waals surface area contributed by atoms with Crippen LogP contribution in [0.5, 0.6) is 5.75 Å². The van der Waals surface area contributed by atoms with Gasteiger partial charge in [-0.3, -0.25) is 4.79 Å². The van der Waals surface area contributed by atoms with E-state index in [4.69, 9.17) is 0 Å². The molecule has 0 bridgehead atoms. The molecule has 1 amide bonds. The molecular weight excluding hydrogens is 190 g/mol. The average molecular weight is 203 g/mol. The molecule has 0 saturated carbocycles. The van der Waals surface area contributed by atoms with Crippen LogP contribution in [0.15, 0.2) is 18.2 Å². The molecule has 0 aromatic heterocycles. The van der Waals surface area contributed by atoms with E-state index in [1.165, 1.54) is 6.92 Å². The molecule has 15 heavy (non-hydrogen) atoms. The van der Waals surface area contributed by atoms with Gasteiger partial charge in [0.1, 0.15) is 5.75 Å². The third kappa shape index (κ3) is 4.19. The molecule has 3 nitrogen and oxygen atoms in total. The SMILES string of the molecule is CC(=O)NCC#Cc1cc(C)cc(O)c1. The lowest BCUT2D eigenvalue weighted by Crippen LogP contribution is -2.19. The van der Waals surface area contributed by atoms with Crippen molar-refractivity contribution in [2.24, 2.45) is 0 Å². The van der Waals surface area contributed by atoms with Crippen molar-refractivity contribution >= 4 is 5.91 Å². The van der Waals surface area contributed by atoms with Crippen molar-refractivity contribution in [1.82, 2.24) is 5.32 Å². The van der Waals surface area contributed by atoms with Crippen LogP contribution in [0.3, 0.4) is 0 Å². The van der Waals surface area contributed by atoms with E-state index in [9.17, 15) is 9.90 Å². The zero-order chi connectivity index (χ0) is 11.3. The Morgan fingerprint density at radius 2 is 2.20 bits per heavy atom. The third-order valence-corrected chi connectivity index (χ3v) is 1.72. The van der Waals surface area contributed by atoms with Gasteiger partial charge in [-0.15, -0.1) is 0 Å². The summed E-state index contributed by atoms with van der Waals surface area (Å²) >= 11 is 0. The number of rotatable bonds is 1. The molecule has 0 unspecified atom stereocenters. The van der Waals surface area contributed by atoms with Gasteiger partial charge in [-0.05, 0) is 30.7 Å². The summed E-state index contributed by atoms with van der Waals surface area (Å²) in [5, 5.41) is 11.9. The highest BCUT2D eigenvalue weighted by molar-refractivity contribution is 5.73. The Bertz CT molecular complexity index is 407. The largest absolute Gasteiger partial charge is 0.508 e. The predicted octanol–water partition coefficient (Wildman–Crippen LogP) is 1.19. The molecule has 1 aromatic carbocycles. The predicted molar refractivity (Wildman–Crippen MR) is 58.4 cm³/mol. The highest BCUT2D eigenvalue weighted by Crippen LogP contribution is 2.13. The number of hydrogen-bond acceptors (Lipinski definition) is 2. The number of phenols is 1. The number of aromatic hydroxyl groups is 1. The molecule has 1 aromatic rings. The Balaban J connectivity index is 2.67. The Kier molecular flexibility index (Phi) is 3.75. The lowest BCUT2D eigenvalue weighted by Gasteiger charge is -1.96. The molecule has 0 atom stereocenters. The number of carbonyl (C=O) groups is 1. The van der Waals surface area contributed by atoms with Gasteiger partial charge < -0.3 is 10.4 Å². The molecule has 0 aliphatic carbocycles. The van der Waals surface area contributed by atoms with E-state index in [0.717, 1.165) is 11.1 Å². The first-order chi connectivity index (χ1) is 7.08. The molecule has 2 N–H and O–H groups in total. The van der Waals surface area contributed by atoms with Crippen LogP contribution >= 0.6 is 0 Å². The maximum atomic E-state index is 10.5. The zero-order valence-electron chi connectivity index (χ0n) is 8.79. The quantitative estimate of drug-likeness (QED) is 0.673. The monoisotopic (exact) mass is 203 g/mol. The number of amides is 1. The van der Waals surface area contributed by atoms with Gasteiger partial charge in [0.25, 0.3) is 0 Å². The van der Waals surface area contributed by atoms with Crippen LogP contribution in [0.2, 0.25) is 0 Å². The first kappa shape index (κ1) is 11.1. The minimum atomic E-state index is -0.101. The van der Waals surface area contributed by atoms with Crippen LogP contribution in [0.25, 0.3) is 0 Å². The van der Waals surface area contributed by atoms with Crippen molar-refractivity contribution in [2.75, 3.05) is 6.54 Å². The Morgan fingerprint density at radius 1 is 1.47 bits per heavy atom. The molecule has 0 saturated heterocycles. The summed E-state index contributed by atoms with van der Waals surface area (Å²) in [5.74, 6) is 5.76. The maximum absolute atomic E-state index is 10.5. The van der Waals surface area contributed by atoms with E-state index in [1.807, 2.05) is 13.0 Å². The normalized spacial score (nSPS) is 8.93. The topological polar surface area (TPSA) is 49.3 Å². The molecule has 0 radical (unpaired) electrons. The van der Waals surface area contributed by atoms with E-state index in [1.54, 1.807) is 12.1 Å². The van der Waals surface area contributed by atoms with Gasteiger partial charge in [-0.2, -0.15) is 0 Å². The fourth-order valence-electron chi connectivity index (χ4n) is 1.15. The zero-order valence-corrected chi connectivity index (χ0v) is 8.79. The Hall–Kier alpha value is -1.95. The summed E-state index contributed by atoms with van der Waals surface area (Å²) in [7, 11) is 0. The van der Waals surface area contributed by atoms with Crippen LogP contribution in [0.4, 0.5) is 0 Å². The van der Waals surface area contributed by atoms with Gasteiger partial charge in [0.2, 0.25) is 5.91 Å². The van der Waals surface area contributed by atoms with Gasteiger partial charge in [-0.25, -0.2) is 0 Å². The van der Waals surface area contributed by atoms with Gasteiger partial charge >= 0.3 is 0 Å². The van der Waals surface area contributed by atoms with E-state index in [2.05, 4.69) is 17.2 Å². The summed E-state index contributed by atoms with van der Waals surface area (Å²) in [6.07, 6.45) is 0. The molecule has 78 valence electrons. The molecule has 0 heterocycles. The maximum Gasteiger partial charge on any atom is 0.217 e. The van der Waals surface area contributed by atoms with Crippen molar-refractivity contribution in [3.05, 3.63) is 29.3 Å². The molecule has 0 aliphatic heterocycles. The molecule has 0 aliphatic rings. The van der Waals surface area contributed by atoms with Crippen LogP contribution < -0.4 is 5.32 Å². The Morgan fingerprint density at radius 3 is 2.80 bits per heavy atom. The van der Waals surface area contributed by atoms with E-state index < -0.39 is 0 Å². The van der Waals surface area contributed by atoms with Crippen molar-refractivity contribution in [3.8, 4) is 17.6 Å². The van der Waals surface area contributed by atoms with Crippen LogP contribution in [0.1, 0.15) is 18.1 Å². The first-order valence-corrected chi connectivity index (χ1v) is 4.62. The van der Waals surface area contributed by atoms with Crippen molar-refractivity contribution in [2.45, 2.75) is 13.8 Å². The standard InChI is InChI=1S/C12H13NO2/c1-9-6-11(8-12(15)7-9)4-3-5-13-10(2)14/h6-8,15H,5H2,1-2H3,(H,13,14). The van der Waals surface area contributed by atoms with Gasteiger partial charge in [-0.1, -0.05) is 11.8 Å². The third-order valence-electron chi connectivity index (χ3n) is 1.72. The highest BCUT2D eigenvalue weighted by atomic mass is 16.3. The minimum Gasteiger partial charge on any atom is -0.508 e. The molecular formula is C12H13NO2. The number of nitrogens with one attached hydrogen (secondary N) is 1. The lowest BCUT2D eigenvalue weighted by molar-refractivity contribution is -0.118. The second-order valence-electron chi connectivity index (χ2n) is 3.27. The van der Waals surface area contributed by atoms with Crippen molar-refractivity contribution in [1.29, 1.82) is 0 Å². The van der Waals surface area contributed by atoms with Crippen molar-refractivity contribution < 1.29 is 9.90 Å². The minimum absolute atomic E-state index is 0.101. The van der Waals surface area contributed by atoms with Crippen LogP contribution in [-0.2, 0) is 4.79 Å². The molecule has 0 fully saturated rings. The highest BCUT2D eigenvalue weighted by Gasteiger charge is 1.93. The fourth-order valence-corrected chi connectivity index (χ4v) is 1.15. The second kappa shape index (κ2) is 5.06. The number of aryl methyl sites for hydroxylation is 1. The summed E-state index contributed by atoms with van der Waals surface area (Å²) < 4.78 is 0. The van der Waals surface area contributed by atoms with Crippen LogP contribution in [0, 0.1) is 18.8 Å². The van der Waals surface area contributed by atoms with Gasteiger partial charge in [0.15, 0.2) is 0 Å². The van der Waals surface area contributed by atoms with Crippen molar-refractivity contribution in [3.63, 3.8) is 0 Å². The number of carbonyl (C=O) groups excluding carboxylic acids is 1. The molecule has 0 spiro atoms. The number of phenolic OH excluding ortho intramolecular Hbond substituents is 1. The lowest BCUT2D eigenvalue weighted by atomic mass is 10.1. The summed E-state index contributed by atoms with van der Waals surface area (Å²) in [5.41, 5.74) is 1.71. The number of hydrogen-bond donors (Lipinski definition) is 2. The molecule has 1 rings (SSSR count). The fraction of sp³-hybridized carbons (Fsp3) is 0.250. The van der Waals surface area contributed by atoms with E-state index in [-0.39, 0.29) is 11.7 Å². The number of benzene rings is 1. The summed E-state index contributed by atoms with van der Waals surface area (Å²) in [4.78, 5) is 10.5. The second-order valence-corrected chi connectivity index (χ2v) is 3.27. The van der Waals surface area contributed by atoms with Gasteiger partial charge in [0.05, 0.1) is 6.54 Å². The Labute approximate surface area is 89.1 Å². The van der Waals surface area contributed by atoms with Gasteiger partial charge in [0, 0.05) is 12.5 Å². The first-order valence-electron chi connectivity index (χ1n) is 4.62. The average Bonchev–Trinajstić information content (AvgIpc) is 2.10.